The number of halogens is 3. The van der Waals surface area contributed by atoms with Crippen molar-refractivity contribution in [3.05, 3.63) is 107 Å². The van der Waals surface area contributed by atoms with Gasteiger partial charge in [0, 0.05) is 17.4 Å². The van der Waals surface area contributed by atoms with Crippen LogP contribution >= 0.6 is 0 Å². The number of hydrogen-bond donors (Lipinski definition) is 1. The third-order valence-electron chi connectivity index (χ3n) is 7.61. The topological polar surface area (TPSA) is 68.6 Å². The van der Waals surface area contributed by atoms with Crippen molar-refractivity contribution in [3.63, 3.8) is 0 Å². The molecule has 0 atom stereocenters. The fourth-order valence-electron chi connectivity index (χ4n) is 5.63. The zero-order valence-corrected chi connectivity index (χ0v) is 23.2. The van der Waals surface area contributed by atoms with Crippen LogP contribution in [0.2, 0.25) is 0 Å². The smallest absolute Gasteiger partial charge is 0.416 e. The van der Waals surface area contributed by atoms with Gasteiger partial charge in [0.25, 0.3) is 0 Å². The number of hydrogen-bond acceptors (Lipinski definition) is 4. The third-order valence-corrected chi connectivity index (χ3v) is 7.61. The van der Waals surface area contributed by atoms with Crippen molar-refractivity contribution in [3.8, 4) is 17.0 Å². The average Bonchev–Trinajstić information content (AvgIpc) is 3.62. The molecule has 2 heterocycles. The van der Waals surface area contributed by atoms with Crippen LogP contribution in [0.1, 0.15) is 48.7 Å². The summed E-state index contributed by atoms with van der Waals surface area (Å²) in [4.78, 5) is 0. The van der Waals surface area contributed by atoms with Gasteiger partial charge in [-0.05, 0) is 81.1 Å². The number of rotatable bonds is 10. The first kappa shape index (κ1) is 27.5. The highest BCUT2D eigenvalue weighted by Gasteiger charge is 2.33. The van der Waals surface area contributed by atoms with Crippen LogP contribution in [0, 0.1) is 0 Å². The second kappa shape index (κ2) is 11.7. The van der Waals surface area contributed by atoms with Gasteiger partial charge in [0.05, 0.1) is 11.3 Å². The largest absolute Gasteiger partial charge is 0.486 e. The fraction of sp³-hybridized carbons (Fsp3) is 0.242. The Morgan fingerprint density at radius 1 is 0.881 bits per heavy atom. The van der Waals surface area contributed by atoms with Gasteiger partial charge < -0.3 is 9.30 Å². The number of aromatic amines is 1. The lowest BCUT2D eigenvalue weighted by atomic mass is 9.98. The van der Waals surface area contributed by atoms with Gasteiger partial charge in [0.2, 0.25) is 0 Å². The number of unbranched alkanes of at least 4 members (excludes halogenated alkanes) is 2. The van der Waals surface area contributed by atoms with Gasteiger partial charge in [-0.3, -0.25) is 0 Å². The van der Waals surface area contributed by atoms with E-state index in [2.05, 4.69) is 50.3 Å². The Morgan fingerprint density at radius 2 is 1.67 bits per heavy atom. The van der Waals surface area contributed by atoms with E-state index >= 15 is 0 Å². The van der Waals surface area contributed by atoms with E-state index in [1.165, 1.54) is 11.6 Å². The van der Waals surface area contributed by atoms with E-state index in [0.717, 1.165) is 64.7 Å². The molecule has 2 aromatic heterocycles. The minimum atomic E-state index is -4.43. The van der Waals surface area contributed by atoms with Crippen LogP contribution in [0.15, 0.2) is 84.9 Å². The van der Waals surface area contributed by atoms with Crippen molar-refractivity contribution in [2.45, 2.75) is 51.9 Å². The highest BCUT2D eigenvalue weighted by atomic mass is 19.4. The summed E-state index contributed by atoms with van der Waals surface area (Å²) in [5.41, 5.74) is 3.68. The summed E-state index contributed by atoms with van der Waals surface area (Å²) < 4.78 is 49.9. The molecule has 1 N–H and O–H groups in total. The van der Waals surface area contributed by atoms with E-state index in [-0.39, 0.29) is 18.7 Å². The van der Waals surface area contributed by atoms with E-state index in [9.17, 15) is 13.2 Å². The van der Waals surface area contributed by atoms with E-state index in [4.69, 9.17) is 4.74 Å². The second-order valence-corrected chi connectivity index (χ2v) is 10.4. The molecular formula is C33H30F3N5O. The zero-order chi connectivity index (χ0) is 29.1. The van der Waals surface area contributed by atoms with Crippen molar-refractivity contribution >= 4 is 21.7 Å². The minimum absolute atomic E-state index is 0.112. The minimum Gasteiger partial charge on any atom is -0.486 e. The number of aromatic nitrogens is 5. The van der Waals surface area contributed by atoms with Crippen LogP contribution in [0.4, 0.5) is 13.2 Å². The van der Waals surface area contributed by atoms with Gasteiger partial charge in [0.1, 0.15) is 12.4 Å². The molecule has 0 spiro atoms. The molecular weight excluding hydrogens is 539 g/mol. The first-order valence-electron chi connectivity index (χ1n) is 14.1. The molecule has 0 bridgehead atoms. The normalized spacial score (nSPS) is 11.9. The molecule has 0 radical (unpaired) electrons. The summed E-state index contributed by atoms with van der Waals surface area (Å²) in [6.45, 7) is 2.50. The predicted molar refractivity (Wildman–Crippen MR) is 157 cm³/mol. The Hall–Kier alpha value is -4.66. The second-order valence-electron chi connectivity index (χ2n) is 10.4. The molecule has 6 aromatic rings. The Bertz CT molecular complexity index is 1830. The van der Waals surface area contributed by atoms with Crippen molar-refractivity contribution in [1.82, 2.24) is 25.2 Å². The number of nitrogens with zero attached hydrogens (tertiary/aromatic N) is 4. The predicted octanol–water partition coefficient (Wildman–Crippen LogP) is 8.35. The van der Waals surface area contributed by atoms with E-state index in [1.807, 2.05) is 42.5 Å². The maximum Gasteiger partial charge on any atom is 0.416 e. The number of H-pyrrole nitrogens is 1. The number of para-hydroxylation sites is 1. The van der Waals surface area contributed by atoms with Crippen molar-refractivity contribution < 1.29 is 17.9 Å². The van der Waals surface area contributed by atoms with Crippen LogP contribution in [-0.2, 0) is 25.7 Å². The summed E-state index contributed by atoms with van der Waals surface area (Å²) in [6.07, 6.45) is -0.415. The molecule has 214 valence electrons. The van der Waals surface area contributed by atoms with Crippen LogP contribution in [-0.4, -0.2) is 25.2 Å². The summed E-state index contributed by atoms with van der Waals surface area (Å²) in [5, 5.41) is 16.7. The molecule has 4 aromatic carbocycles. The van der Waals surface area contributed by atoms with Gasteiger partial charge >= 0.3 is 6.18 Å². The maximum absolute atomic E-state index is 14.0. The molecule has 0 saturated heterocycles. The maximum atomic E-state index is 14.0. The highest BCUT2D eigenvalue weighted by Crippen LogP contribution is 2.39. The van der Waals surface area contributed by atoms with Gasteiger partial charge in [0.15, 0.2) is 5.82 Å². The Labute approximate surface area is 241 Å². The number of aryl methyl sites for hydroxylation is 1. The van der Waals surface area contributed by atoms with Crippen LogP contribution in [0.3, 0.4) is 0 Å². The van der Waals surface area contributed by atoms with Crippen molar-refractivity contribution in [1.29, 1.82) is 0 Å². The van der Waals surface area contributed by atoms with Crippen LogP contribution in [0.5, 0.6) is 5.75 Å². The molecule has 6 rings (SSSR count). The zero-order valence-electron chi connectivity index (χ0n) is 23.2. The molecule has 0 aliphatic heterocycles. The highest BCUT2D eigenvalue weighted by molar-refractivity contribution is 5.95. The molecule has 0 unspecified atom stereocenters. The summed E-state index contributed by atoms with van der Waals surface area (Å²) >= 11 is 0. The molecule has 6 nitrogen and oxygen atoms in total. The lowest BCUT2D eigenvalue weighted by Crippen LogP contribution is -2.12. The molecule has 0 aliphatic carbocycles. The Morgan fingerprint density at radius 3 is 2.48 bits per heavy atom. The van der Waals surface area contributed by atoms with Gasteiger partial charge in [-0.1, -0.05) is 74.4 Å². The van der Waals surface area contributed by atoms with E-state index in [1.54, 1.807) is 12.1 Å². The standard InChI is InChI=1S/C33H30F3N5O/c1-2-3-4-11-28-27-10-6-8-13-30(27)41(20-25-9-5-7-12-29(25)33(34,35)36)32(28)24-15-14-23-19-26(17-16-22(23)18-24)42-21-31-37-39-40-38-31/h5-10,12-19H,2-4,11,20-21H2,1H3,(H,37,38,39,40). The van der Waals surface area contributed by atoms with E-state index in [0.29, 0.717) is 11.6 Å². The Kier molecular flexibility index (Phi) is 7.65. The first-order chi connectivity index (χ1) is 20.4. The molecule has 9 heteroatoms. The Balaban J connectivity index is 1.46. The van der Waals surface area contributed by atoms with Gasteiger partial charge in [-0.2, -0.15) is 13.2 Å². The summed E-state index contributed by atoms with van der Waals surface area (Å²) in [6, 6.07) is 26.0. The molecule has 0 aliphatic rings. The third kappa shape index (κ3) is 5.59. The number of fused-ring (bicyclic) bond motifs is 2. The summed E-state index contributed by atoms with van der Waals surface area (Å²) in [7, 11) is 0. The van der Waals surface area contributed by atoms with Crippen molar-refractivity contribution in [2.24, 2.45) is 0 Å². The van der Waals surface area contributed by atoms with Gasteiger partial charge in [-0.25, -0.2) is 5.10 Å². The summed E-state index contributed by atoms with van der Waals surface area (Å²) in [5.74, 6) is 1.21. The lowest BCUT2D eigenvalue weighted by molar-refractivity contribution is -0.138. The van der Waals surface area contributed by atoms with Crippen LogP contribution < -0.4 is 4.74 Å². The number of alkyl halides is 3. The molecule has 0 saturated carbocycles. The lowest BCUT2D eigenvalue weighted by Gasteiger charge is -2.17. The van der Waals surface area contributed by atoms with E-state index < -0.39 is 11.7 Å². The number of ether oxygens (including phenoxy) is 1. The number of benzene rings is 4. The molecule has 0 fully saturated rings. The number of tetrazole rings is 1. The van der Waals surface area contributed by atoms with Crippen LogP contribution in [0.25, 0.3) is 32.9 Å². The average molecular weight is 570 g/mol. The quantitative estimate of drug-likeness (QED) is 0.168. The molecule has 0 amide bonds. The number of nitrogens with one attached hydrogen (secondary N) is 1. The fourth-order valence-corrected chi connectivity index (χ4v) is 5.63. The SMILES string of the molecule is CCCCCc1c(-c2ccc3cc(OCc4nnn[nH]4)ccc3c2)n(Cc2ccccc2C(F)(F)F)c2ccccc12. The first-order valence-corrected chi connectivity index (χ1v) is 14.1. The molecule has 42 heavy (non-hydrogen) atoms. The van der Waals surface area contributed by atoms with Crippen molar-refractivity contribution in [2.75, 3.05) is 0 Å². The monoisotopic (exact) mass is 569 g/mol. The van der Waals surface area contributed by atoms with Gasteiger partial charge in [-0.15, -0.1) is 5.10 Å².